The molecule has 0 aliphatic carbocycles. The Balaban J connectivity index is 2.50. The number of benzene rings is 1. The van der Waals surface area contributed by atoms with Crippen molar-refractivity contribution in [3.63, 3.8) is 0 Å². The second-order valence-corrected chi connectivity index (χ2v) is 3.26. The van der Waals surface area contributed by atoms with Crippen LogP contribution in [0.5, 0.6) is 0 Å². The highest BCUT2D eigenvalue weighted by molar-refractivity contribution is 7.80. The van der Waals surface area contributed by atoms with Gasteiger partial charge in [-0.25, -0.2) is 0 Å². The molecule has 1 aromatic carbocycles. The first-order chi connectivity index (χ1) is 6.22. The number of hydrogen-bond donors (Lipinski definition) is 1. The van der Waals surface area contributed by atoms with Gasteiger partial charge in [0.1, 0.15) is 0 Å². The van der Waals surface area contributed by atoms with E-state index in [1.54, 1.807) is 0 Å². The molecule has 0 saturated carbocycles. The summed E-state index contributed by atoms with van der Waals surface area (Å²) >= 11 is 4.21. The predicted molar refractivity (Wildman–Crippen MR) is 54.0 cm³/mol. The first-order valence-corrected chi connectivity index (χ1v) is 4.52. The van der Waals surface area contributed by atoms with Gasteiger partial charge >= 0.3 is 5.97 Å². The smallest absolute Gasteiger partial charge is 0.305 e. The van der Waals surface area contributed by atoms with Gasteiger partial charge in [0.05, 0.1) is 7.11 Å². The quantitative estimate of drug-likeness (QED) is 0.591. The Morgan fingerprint density at radius 3 is 2.92 bits per heavy atom. The molecule has 0 aliphatic heterocycles. The third-order valence-electron chi connectivity index (χ3n) is 1.76. The minimum Gasteiger partial charge on any atom is -0.469 e. The molecule has 0 atom stereocenters. The average Bonchev–Trinajstić information content (AvgIpc) is 2.14. The van der Waals surface area contributed by atoms with E-state index < -0.39 is 0 Å². The first-order valence-electron chi connectivity index (χ1n) is 4.07. The van der Waals surface area contributed by atoms with Crippen LogP contribution in [0.15, 0.2) is 29.2 Å². The highest BCUT2D eigenvalue weighted by Gasteiger charge is 2.00. The highest BCUT2D eigenvalue weighted by atomic mass is 32.1. The Morgan fingerprint density at radius 2 is 2.31 bits per heavy atom. The number of thiol groups is 1. The maximum absolute atomic E-state index is 10.8. The van der Waals surface area contributed by atoms with E-state index in [0.717, 1.165) is 10.5 Å². The minimum absolute atomic E-state index is 0.176. The largest absolute Gasteiger partial charge is 0.469 e. The fraction of sp³-hybridized carbons (Fsp3) is 0.300. The summed E-state index contributed by atoms with van der Waals surface area (Å²) in [5, 5.41) is 0. The van der Waals surface area contributed by atoms with Crippen molar-refractivity contribution in [3.8, 4) is 0 Å². The van der Waals surface area contributed by atoms with Crippen LogP contribution in [0.1, 0.15) is 12.0 Å². The van der Waals surface area contributed by atoms with Gasteiger partial charge in [-0.15, -0.1) is 12.6 Å². The van der Waals surface area contributed by atoms with E-state index in [0.29, 0.717) is 12.8 Å². The van der Waals surface area contributed by atoms with Crippen LogP contribution in [0, 0.1) is 0 Å². The lowest BCUT2D eigenvalue weighted by atomic mass is 10.1. The van der Waals surface area contributed by atoms with E-state index in [-0.39, 0.29) is 5.97 Å². The maximum Gasteiger partial charge on any atom is 0.305 e. The number of rotatable bonds is 3. The zero-order valence-corrected chi connectivity index (χ0v) is 8.38. The van der Waals surface area contributed by atoms with Crippen molar-refractivity contribution in [1.82, 2.24) is 0 Å². The lowest BCUT2D eigenvalue weighted by molar-refractivity contribution is -0.140. The zero-order valence-electron chi connectivity index (χ0n) is 7.49. The van der Waals surface area contributed by atoms with Crippen molar-refractivity contribution in [2.24, 2.45) is 0 Å². The molecule has 0 amide bonds. The van der Waals surface area contributed by atoms with Gasteiger partial charge in [-0.2, -0.15) is 0 Å². The fourth-order valence-corrected chi connectivity index (χ4v) is 1.31. The summed E-state index contributed by atoms with van der Waals surface area (Å²) in [5.41, 5.74) is 1.11. The predicted octanol–water partition coefficient (Wildman–Crippen LogP) is 2.08. The van der Waals surface area contributed by atoms with Crippen molar-refractivity contribution in [2.75, 3.05) is 7.11 Å². The van der Waals surface area contributed by atoms with E-state index in [9.17, 15) is 4.79 Å². The van der Waals surface area contributed by atoms with Crippen molar-refractivity contribution >= 4 is 18.6 Å². The summed E-state index contributed by atoms with van der Waals surface area (Å²) in [6.07, 6.45) is 1.13. The molecule has 1 rings (SSSR count). The van der Waals surface area contributed by atoms with Gasteiger partial charge in [-0.1, -0.05) is 12.1 Å². The van der Waals surface area contributed by atoms with E-state index in [1.807, 2.05) is 24.3 Å². The summed E-state index contributed by atoms with van der Waals surface area (Å²) in [5.74, 6) is -0.176. The molecule has 70 valence electrons. The van der Waals surface area contributed by atoms with Crippen LogP contribution < -0.4 is 0 Å². The second-order valence-electron chi connectivity index (χ2n) is 2.75. The summed E-state index contributed by atoms with van der Waals surface area (Å²) in [6, 6.07) is 7.76. The lowest BCUT2D eigenvalue weighted by Crippen LogP contribution is -2.01. The Bertz CT molecular complexity index is 297. The van der Waals surface area contributed by atoms with Crippen molar-refractivity contribution in [2.45, 2.75) is 17.7 Å². The van der Waals surface area contributed by atoms with Crippen molar-refractivity contribution in [3.05, 3.63) is 29.8 Å². The van der Waals surface area contributed by atoms with Gasteiger partial charge in [-0.05, 0) is 24.1 Å². The molecule has 0 aliphatic rings. The molecule has 13 heavy (non-hydrogen) atoms. The zero-order chi connectivity index (χ0) is 9.68. The number of aryl methyl sites for hydroxylation is 1. The molecule has 0 radical (unpaired) electrons. The molecule has 0 fully saturated rings. The third kappa shape index (κ3) is 3.51. The van der Waals surface area contributed by atoms with Gasteiger partial charge in [0.15, 0.2) is 0 Å². The first kappa shape index (κ1) is 10.1. The number of hydrogen-bond acceptors (Lipinski definition) is 3. The summed E-state index contributed by atoms with van der Waals surface area (Å²) in [4.78, 5) is 11.7. The van der Waals surface area contributed by atoms with Crippen LogP contribution in [-0.4, -0.2) is 13.1 Å². The molecule has 2 nitrogen and oxygen atoms in total. The Hall–Kier alpha value is -0.960. The number of esters is 1. The highest BCUT2D eigenvalue weighted by Crippen LogP contribution is 2.10. The van der Waals surface area contributed by atoms with Crippen LogP contribution in [0.25, 0.3) is 0 Å². The van der Waals surface area contributed by atoms with Gasteiger partial charge in [0, 0.05) is 11.3 Å². The van der Waals surface area contributed by atoms with Gasteiger partial charge in [0.25, 0.3) is 0 Å². The molecule has 3 heteroatoms. The van der Waals surface area contributed by atoms with Gasteiger partial charge in [-0.3, -0.25) is 4.79 Å². The maximum atomic E-state index is 10.8. The molecule has 1 aromatic rings. The lowest BCUT2D eigenvalue weighted by Gasteiger charge is -2.00. The summed E-state index contributed by atoms with van der Waals surface area (Å²) in [7, 11) is 1.40. The third-order valence-corrected chi connectivity index (χ3v) is 2.03. The topological polar surface area (TPSA) is 26.3 Å². The average molecular weight is 196 g/mol. The Kier molecular flexibility index (Phi) is 3.83. The van der Waals surface area contributed by atoms with E-state index in [2.05, 4.69) is 17.4 Å². The second kappa shape index (κ2) is 4.92. The number of ether oxygens (including phenoxy) is 1. The van der Waals surface area contributed by atoms with Crippen molar-refractivity contribution < 1.29 is 9.53 Å². The van der Waals surface area contributed by atoms with Crippen LogP contribution in [0.2, 0.25) is 0 Å². The monoisotopic (exact) mass is 196 g/mol. The molecule has 0 bridgehead atoms. The molecular formula is C10H12O2S. The summed E-state index contributed by atoms with van der Waals surface area (Å²) < 4.78 is 4.54. The minimum atomic E-state index is -0.176. The number of methoxy groups -OCH3 is 1. The number of carbonyl (C=O) groups excluding carboxylic acids is 1. The summed E-state index contributed by atoms with van der Waals surface area (Å²) in [6.45, 7) is 0. The Labute approximate surface area is 83.3 Å². The van der Waals surface area contributed by atoms with Gasteiger partial charge < -0.3 is 4.74 Å². The van der Waals surface area contributed by atoms with E-state index >= 15 is 0 Å². The van der Waals surface area contributed by atoms with Crippen molar-refractivity contribution in [1.29, 1.82) is 0 Å². The van der Waals surface area contributed by atoms with E-state index in [1.165, 1.54) is 7.11 Å². The molecule has 0 N–H and O–H groups in total. The molecule has 0 spiro atoms. The molecule has 0 aromatic heterocycles. The van der Waals surface area contributed by atoms with Crippen LogP contribution in [-0.2, 0) is 16.0 Å². The molecule has 0 saturated heterocycles. The molecule has 0 unspecified atom stereocenters. The van der Waals surface area contributed by atoms with Gasteiger partial charge in [0.2, 0.25) is 0 Å². The standard InChI is InChI=1S/C10H12O2S/c1-12-10(11)6-5-8-3-2-4-9(13)7-8/h2-4,7,13H,5-6H2,1H3. The van der Waals surface area contributed by atoms with Crippen LogP contribution >= 0.6 is 12.6 Å². The number of carbonyl (C=O) groups is 1. The Morgan fingerprint density at radius 1 is 1.54 bits per heavy atom. The van der Waals surface area contributed by atoms with E-state index in [4.69, 9.17) is 0 Å². The SMILES string of the molecule is COC(=O)CCc1cccc(S)c1. The van der Waals surface area contributed by atoms with Crippen LogP contribution in [0.4, 0.5) is 0 Å². The van der Waals surface area contributed by atoms with Crippen LogP contribution in [0.3, 0.4) is 0 Å². The molecular weight excluding hydrogens is 184 g/mol. The fourth-order valence-electron chi connectivity index (χ4n) is 1.06. The normalized spacial score (nSPS) is 9.69. The molecule has 0 heterocycles.